The maximum atomic E-state index is 8.88. The van der Waals surface area contributed by atoms with E-state index in [4.69, 9.17) is 49.1 Å². The van der Waals surface area contributed by atoms with E-state index in [1.807, 2.05) is 0 Å². The molecule has 0 saturated heterocycles. The van der Waals surface area contributed by atoms with Crippen LogP contribution in [0.5, 0.6) is 0 Å². The van der Waals surface area contributed by atoms with Crippen LogP contribution < -0.4 is 0 Å². The Morgan fingerprint density at radius 2 is 1.00 bits per heavy atom. The van der Waals surface area contributed by atoms with Crippen LogP contribution in [0.25, 0.3) is 0 Å². The molecule has 0 aromatic carbocycles. The summed E-state index contributed by atoms with van der Waals surface area (Å²) in [5.74, 6) is 0. The van der Waals surface area contributed by atoms with E-state index in [0.717, 1.165) is 0 Å². The van der Waals surface area contributed by atoms with Crippen LogP contribution in [0.2, 0.25) is 0 Å². The number of hydrogen-bond donors (Lipinski definition) is 6. The zero-order chi connectivity index (χ0) is 14.4. The molecular weight excluding hydrogens is 304 g/mol. The lowest BCUT2D eigenvalue weighted by molar-refractivity contribution is -0.527. The molecule has 0 unspecified atom stereocenters. The summed E-state index contributed by atoms with van der Waals surface area (Å²) in [6.45, 7) is -0.505. The third-order valence-electron chi connectivity index (χ3n) is 0.864. The summed E-state index contributed by atoms with van der Waals surface area (Å²) in [6.07, 6.45) is 0. The Bertz CT molecular complexity index is 189. The molecule has 6 N–H and O–H groups in total. The third kappa shape index (κ3) is 32.2. The first-order valence-electron chi connectivity index (χ1n) is 4.65. The summed E-state index contributed by atoms with van der Waals surface area (Å²) in [4.78, 5) is 35.7. The monoisotopic (exact) mass is 325 g/mol. The van der Waals surface area contributed by atoms with E-state index in [2.05, 4.69) is 0 Å². The number of phosphoric acid groups is 1. The van der Waals surface area contributed by atoms with E-state index >= 15 is 0 Å². The fraction of sp³-hybridized carbons (Fsp3) is 1.00. The summed E-state index contributed by atoms with van der Waals surface area (Å²) in [5.41, 5.74) is 0. The van der Waals surface area contributed by atoms with Gasteiger partial charge in [0.15, 0.2) is 17.4 Å². The van der Waals surface area contributed by atoms with E-state index in [1.54, 1.807) is 0 Å². The van der Waals surface area contributed by atoms with Crippen LogP contribution in [-0.2, 0) is 19.1 Å². The highest BCUT2D eigenvalue weighted by Crippen LogP contribution is 2.25. The lowest BCUT2D eigenvalue weighted by Gasteiger charge is -2.17. The normalized spacial score (nSPS) is 10.7. The number of rotatable bonds is 9. The molecule has 0 radical (unpaired) electrons. The van der Waals surface area contributed by atoms with Crippen molar-refractivity contribution in [1.29, 1.82) is 0 Å². The summed E-state index contributed by atoms with van der Waals surface area (Å²) >= 11 is 0. The van der Waals surface area contributed by atoms with Crippen molar-refractivity contribution in [2.45, 2.75) is 0 Å². The highest BCUT2D eigenvalue weighted by atomic mass is 31.2. The predicted octanol–water partition coefficient (Wildman–Crippen LogP) is -4.05. The Morgan fingerprint density at radius 1 is 0.789 bits per heavy atom. The first kappa shape index (κ1) is 24.4. The van der Waals surface area contributed by atoms with Crippen molar-refractivity contribution in [3.8, 4) is 0 Å². The Balaban J connectivity index is -0.000000366. The fourth-order valence-corrected chi connectivity index (χ4v) is 0.458. The zero-order valence-corrected chi connectivity index (χ0v) is 10.3. The molecule has 0 saturated carbocycles. The molecule has 0 aromatic heterocycles. The second kappa shape index (κ2) is 16.4. The number of hydrogen-bond acceptors (Lipinski definition) is 8. The molecule has 19 heavy (non-hydrogen) atoms. The molecule has 0 bridgehead atoms. The molecule has 0 aliphatic heterocycles. The first-order chi connectivity index (χ1) is 8.35. The van der Waals surface area contributed by atoms with Gasteiger partial charge in [0.2, 0.25) is 0 Å². The SMILES string of the molecule is O=P(O)(O)O.OCCON(OCCO)OCCO.[AlH3]. The minimum Gasteiger partial charge on any atom is -0.394 e. The Labute approximate surface area is 120 Å². The molecule has 0 amide bonds. The van der Waals surface area contributed by atoms with Gasteiger partial charge >= 0.3 is 7.82 Å². The molecule has 13 heteroatoms. The molecule has 0 aliphatic carbocycles. The lowest BCUT2D eigenvalue weighted by atomic mass is 10.8. The predicted molar refractivity (Wildman–Crippen MR) is 65.2 cm³/mol. The molecule has 118 valence electrons. The Kier molecular flexibility index (Phi) is 21.1. The summed E-state index contributed by atoms with van der Waals surface area (Å²) < 4.78 is 8.88. The highest BCUT2D eigenvalue weighted by molar-refractivity contribution is 7.45. The van der Waals surface area contributed by atoms with Crippen LogP contribution in [0.1, 0.15) is 0 Å². The van der Waals surface area contributed by atoms with Gasteiger partial charge in [0, 0.05) is 0 Å². The highest BCUT2D eigenvalue weighted by Gasteiger charge is 2.05. The molecule has 11 nitrogen and oxygen atoms in total. The van der Waals surface area contributed by atoms with Crippen LogP contribution in [0.3, 0.4) is 0 Å². The van der Waals surface area contributed by atoms with Gasteiger partial charge in [0.25, 0.3) is 0 Å². The smallest absolute Gasteiger partial charge is 0.394 e. The lowest BCUT2D eigenvalue weighted by Crippen LogP contribution is -2.28. The molecule has 0 atom stereocenters. The van der Waals surface area contributed by atoms with Crippen molar-refractivity contribution in [2.24, 2.45) is 0 Å². The Hall–Kier alpha value is 0.362. The molecule has 0 fully saturated rings. The van der Waals surface area contributed by atoms with E-state index in [9.17, 15) is 0 Å². The van der Waals surface area contributed by atoms with Gasteiger partial charge < -0.3 is 30.0 Å². The molecule has 0 spiro atoms. The largest absolute Gasteiger partial charge is 0.466 e. The average Bonchev–Trinajstić information content (AvgIpc) is 2.26. The third-order valence-corrected chi connectivity index (χ3v) is 0.864. The van der Waals surface area contributed by atoms with Crippen molar-refractivity contribution < 1.29 is 49.1 Å². The van der Waals surface area contributed by atoms with Crippen molar-refractivity contribution in [1.82, 2.24) is 5.39 Å². The number of aliphatic hydroxyl groups excluding tert-OH is 3. The minimum absolute atomic E-state index is 0. The van der Waals surface area contributed by atoms with Crippen LogP contribution in [0.15, 0.2) is 0 Å². The van der Waals surface area contributed by atoms with E-state index in [0.29, 0.717) is 5.39 Å². The average molecular weight is 325 g/mol. The summed E-state index contributed by atoms with van der Waals surface area (Å²) in [6, 6.07) is 0. The van der Waals surface area contributed by atoms with Crippen LogP contribution in [0.4, 0.5) is 0 Å². The topological polar surface area (TPSA) is 169 Å². The van der Waals surface area contributed by atoms with Crippen LogP contribution in [0, 0.1) is 0 Å². The van der Waals surface area contributed by atoms with Crippen molar-refractivity contribution in [3.05, 3.63) is 0 Å². The zero-order valence-electron chi connectivity index (χ0n) is 9.45. The van der Waals surface area contributed by atoms with Crippen molar-refractivity contribution in [2.75, 3.05) is 39.6 Å². The summed E-state index contributed by atoms with van der Waals surface area (Å²) in [7, 11) is -4.64. The minimum atomic E-state index is -4.64. The van der Waals surface area contributed by atoms with Gasteiger partial charge in [-0.3, -0.25) is 0 Å². The standard InChI is InChI=1S/C6H15NO6.Al.H3O4P.3H/c8-1-4-11-7(12-5-2-9)13-6-3-10;;1-5(2,3)4;;;/h8-10H,1-6H2;;(H3,1,2,3,4);;;. The fourth-order valence-electron chi connectivity index (χ4n) is 0.458. The Morgan fingerprint density at radius 3 is 1.16 bits per heavy atom. The van der Waals surface area contributed by atoms with Gasteiger partial charge in [0.05, 0.1) is 45.0 Å². The second-order valence-corrected chi connectivity index (χ2v) is 3.43. The number of aliphatic hydroxyl groups is 3. The molecule has 0 aliphatic rings. The maximum absolute atomic E-state index is 8.88. The summed E-state index contributed by atoms with van der Waals surface area (Å²) in [5, 5.41) is 25.9. The van der Waals surface area contributed by atoms with Gasteiger partial charge in [-0.15, -0.1) is 0 Å². The molecule has 0 rings (SSSR count). The van der Waals surface area contributed by atoms with Crippen molar-refractivity contribution in [3.63, 3.8) is 0 Å². The quantitative estimate of drug-likeness (QED) is 0.138. The molecular formula is C6H21AlNO10P. The number of nitrogens with zero attached hydrogens (tertiary/aromatic N) is 1. The van der Waals surface area contributed by atoms with Gasteiger partial charge in [-0.25, -0.2) is 19.1 Å². The van der Waals surface area contributed by atoms with Gasteiger partial charge in [0.1, 0.15) is 0 Å². The molecule has 0 heterocycles. The van der Waals surface area contributed by atoms with Gasteiger partial charge in [-0.2, -0.15) is 0 Å². The van der Waals surface area contributed by atoms with Crippen molar-refractivity contribution >= 4 is 25.2 Å². The van der Waals surface area contributed by atoms with Gasteiger partial charge in [-0.1, -0.05) is 0 Å². The van der Waals surface area contributed by atoms with E-state index in [1.165, 1.54) is 0 Å². The van der Waals surface area contributed by atoms with Gasteiger partial charge in [-0.05, 0) is 0 Å². The van der Waals surface area contributed by atoms with Crippen LogP contribution >= 0.6 is 7.82 Å². The molecule has 0 aromatic rings. The van der Waals surface area contributed by atoms with Crippen LogP contribution in [-0.4, -0.2) is 92.4 Å². The first-order valence-corrected chi connectivity index (χ1v) is 6.21. The van der Waals surface area contributed by atoms with E-state index < -0.39 is 7.82 Å². The second-order valence-electron chi connectivity index (χ2n) is 2.41. The maximum Gasteiger partial charge on any atom is 0.466 e. The van der Waals surface area contributed by atoms with E-state index in [-0.39, 0.29) is 57.0 Å².